The lowest BCUT2D eigenvalue weighted by Gasteiger charge is -2.06. The van der Waals surface area contributed by atoms with Crippen molar-refractivity contribution in [3.63, 3.8) is 0 Å². The third-order valence-corrected chi connectivity index (χ3v) is 4.18. The van der Waals surface area contributed by atoms with Crippen LogP contribution in [0.3, 0.4) is 0 Å². The molecule has 0 aliphatic rings. The van der Waals surface area contributed by atoms with E-state index in [9.17, 15) is 0 Å². The number of fused-ring (bicyclic) bond motifs is 1. The van der Waals surface area contributed by atoms with Crippen molar-refractivity contribution in [2.24, 2.45) is 5.73 Å². The van der Waals surface area contributed by atoms with Gasteiger partial charge in [-0.05, 0) is 30.1 Å². The first-order chi connectivity index (χ1) is 8.74. The van der Waals surface area contributed by atoms with Crippen molar-refractivity contribution in [1.29, 1.82) is 0 Å². The van der Waals surface area contributed by atoms with Gasteiger partial charge in [0.15, 0.2) is 0 Å². The van der Waals surface area contributed by atoms with Gasteiger partial charge in [0.2, 0.25) is 0 Å². The Morgan fingerprint density at radius 2 is 2.22 bits per heavy atom. The molecule has 1 heterocycles. The van der Waals surface area contributed by atoms with Gasteiger partial charge in [0, 0.05) is 29.2 Å². The zero-order chi connectivity index (χ0) is 13.0. The number of nitrogens with two attached hydrogens (primary N) is 1. The summed E-state index contributed by atoms with van der Waals surface area (Å²) < 4.78 is 2.29. The summed E-state index contributed by atoms with van der Waals surface area (Å²) in [7, 11) is 0. The van der Waals surface area contributed by atoms with E-state index in [0.717, 1.165) is 17.5 Å². The van der Waals surface area contributed by atoms with Crippen LogP contribution in [0, 0.1) is 0 Å². The number of aryl methyl sites for hydroxylation is 1. The SMILES string of the molecule is CCSCCCn1ccc2c(C(N)=S)cccc21. The van der Waals surface area contributed by atoms with Gasteiger partial charge in [-0.2, -0.15) is 11.8 Å². The Balaban J connectivity index is 2.20. The summed E-state index contributed by atoms with van der Waals surface area (Å²) >= 11 is 7.08. The molecule has 1 aromatic carbocycles. The Morgan fingerprint density at radius 1 is 1.39 bits per heavy atom. The van der Waals surface area contributed by atoms with Crippen molar-refractivity contribution >= 4 is 39.9 Å². The van der Waals surface area contributed by atoms with E-state index in [1.54, 1.807) is 0 Å². The highest BCUT2D eigenvalue weighted by atomic mass is 32.2. The Bertz CT molecular complexity index is 546. The second-order valence-electron chi connectivity index (χ2n) is 4.16. The number of benzene rings is 1. The molecule has 96 valence electrons. The molecule has 0 saturated carbocycles. The molecule has 0 amide bonds. The predicted molar refractivity (Wildman–Crippen MR) is 85.4 cm³/mol. The maximum atomic E-state index is 5.75. The number of rotatable bonds is 6. The van der Waals surface area contributed by atoms with Crippen LogP contribution in [0.4, 0.5) is 0 Å². The quantitative estimate of drug-likeness (QED) is 0.649. The van der Waals surface area contributed by atoms with Gasteiger partial charge in [-0.3, -0.25) is 0 Å². The third kappa shape index (κ3) is 2.87. The third-order valence-electron chi connectivity index (χ3n) is 2.97. The second kappa shape index (κ2) is 6.25. The number of hydrogen-bond donors (Lipinski definition) is 1. The highest BCUT2D eigenvalue weighted by molar-refractivity contribution is 7.99. The molecule has 2 nitrogen and oxygen atoms in total. The number of nitrogens with zero attached hydrogens (tertiary/aromatic N) is 1. The molecule has 0 aliphatic heterocycles. The molecule has 0 saturated heterocycles. The van der Waals surface area contributed by atoms with Gasteiger partial charge < -0.3 is 10.3 Å². The fraction of sp³-hybridized carbons (Fsp3) is 0.357. The van der Waals surface area contributed by atoms with Crippen molar-refractivity contribution in [3.8, 4) is 0 Å². The first-order valence-electron chi connectivity index (χ1n) is 6.19. The van der Waals surface area contributed by atoms with Crippen LogP contribution in [-0.4, -0.2) is 21.1 Å². The minimum atomic E-state index is 0.472. The molecule has 4 heteroatoms. The molecule has 0 aliphatic carbocycles. The average Bonchev–Trinajstić information content (AvgIpc) is 2.77. The van der Waals surface area contributed by atoms with E-state index in [0.29, 0.717) is 4.99 Å². The molecule has 0 bridgehead atoms. The van der Waals surface area contributed by atoms with E-state index < -0.39 is 0 Å². The molecule has 2 N–H and O–H groups in total. The molecular formula is C14H18N2S2. The lowest BCUT2D eigenvalue weighted by molar-refractivity contribution is 0.709. The predicted octanol–water partition coefficient (Wildman–Crippen LogP) is 3.42. The topological polar surface area (TPSA) is 30.9 Å². The lowest BCUT2D eigenvalue weighted by Crippen LogP contribution is -2.09. The molecule has 0 atom stereocenters. The molecule has 0 unspecified atom stereocenters. The summed E-state index contributed by atoms with van der Waals surface area (Å²) in [5.74, 6) is 2.41. The van der Waals surface area contributed by atoms with Gasteiger partial charge in [0.1, 0.15) is 4.99 Å². The van der Waals surface area contributed by atoms with E-state index in [1.807, 2.05) is 23.9 Å². The fourth-order valence-electron chi connectivity index (χ4n) is 2.11. The molecule has 0 spiro atoms. The van der Waals surface area contributed by atoms with E-state index in [1.165, 1.54) is 23.4 Å². The van der Waals surface area contributed by atoms with Crippen LogP contribution in [0.25, 0.3) is 10.9 Å². The highest BCUT2D eigenvalue weighted by Gasteiger charge is 2.06. The van der Waals surface area contributed by atoms with Crippen molar-refractivity contribution in [2.75, 3.05) is 11.5 Å². The van der Waals surface area contributed by atoms with Crippen LogP contribution in [0.5, 0.6) is 0 Å². The summed E-state index contributed by atoms with van der Waals surface area (Å²) in [5, 5.41) is 1.16. The zero-order valence-corrected chi connectivity index (χ0v) is 12.2. The number of hydrogen-bond acceptors (Lipinski definition) is 2. The summed E-state index contributed by atoms with van der Waals surface area (Å²) in [6.45, 7) is 3.25. The van der Waals surface area contributed by atoms with E-state index in [2.05, 4.69) is 29.8 Å². The van der Waals surface area contributed by atoms with Crippen molar-refractivity contribution in [3.05, 3.63) is 36.0 Å². The van der Waals surface area contributed by atoms with Crippen LogP contribution in [-0.2, 0) is 6.54 Å². The smallest absolute Gasteiger partial charge is 0.104 e. The van der Waals surface area contributed by atoms with Crippen molar-refractivity contribution < 1.29 is 0 Å². The maximum Gasteiger partial charge on any atom is 0.104 e. The first-order valence-corrected chi connectivity index (χ1v) is 7.75. The highest BCUT2D eigenvalue weighted by Crippen LogP contribution is 2.20. The van der Waals surface area contributed by atoms with E-state index in [-0.39, 0.29) is 0 Å². The van der Waals surface area contributed by atoms with Gasteiger partial charge in [-0.1, -0.05) is 31.3 Å². The second-order valence-corrected chi connectivity index (χ2v) is 6.00. The van der Waals surface area contributed by atoms with Crippen molar-refractivity contribution in [1.82, 2.24) is 4.57 Å². The first kappa shape index (κ1) is 13.4. The van der Waals surface area contributed by atoms with Crippen LogP contribution >= 0.6 is 24.0 Å². The fourth-order valence-corrected chi connectivity index (χ4v) is 2.91. The van der Waals surface area contributed by atoms with Gasteiger partial charge in [-0.25, -0.2) is 0 Å². The molecule has 1 aromatic heterocycles. The maximum absolute atomic E-state index is 5.75. The van der Waals surface area contributed by atoms with Crippen LogP contribution in [0.15, 0.2) is 30.5 Å². The standard InChI is InChI=1S/C14H18N2S2/c1-2-18-10-4-8-16-9-7-11-12(14(15)17)5-3-6-13(11)16/h3,5-7,9H,2,4,8,10H2,1H3,(H2,15,17). The molecule has 0 radical (unpaired) electrons. The summed E-state index contributed by atoms with van der Waals surface area (Å²) in [4.78, 5) is 0.472. The Kier molecular flexibility index (Phi) is 4.66. The monoisotopic (exact) mass is 278 g/mol. The van der Waals surface area contributed by atoms with E-state index >= 15 is 0 Å². The molecule has 2 aromatic rings. The van der Waals surface area contributed by atoms with Crippen LogP contribution in [0.2, 0.25) is 0 Å². The zero-order valence-electron chi connectivity index (χ0n) is 10.6. The normalized spacial score (nSPS) is 10.9. The largest absolute Gasteiger partial charge is 0.389 e. The number of thiocarbonyl (C=S) groups is 1. The Labute approximate surface area is 118 Å². The molecular weight excluding hydrogens is 260 g/mol. The summed E-state index contributed by atoms with van der Waals surface area (Å²) in [6, 6.07) is 8.25. The van der Waals surface area contributed by atoms with Crippen molar-refractivity contribution in [2.45, 2.75) is 19.9 Å². The van der Waals surface area contributed by atoms with Gasteiger partial charge in [0.25, 0.3) is 0 Å². The lowest BCUT2D eigenvalue weighted by atomic mass is 10.1. The van der Waals surface area contributed by atoms with Gasteiger partial charge in [-0.15, -0.1) is 0 Å². The molecule has 2 rings (SSSR count). The minimum Gasteiger partial charge on any atom is -0.389 e. The van der Waals surface area contributed by atoms with Crippen LogP contribution < -0.4 is 5.73 Å². The minimum absolute atomic E-state index is 0.472. The Hall–Kier alpha value is -1.00. The summed E-state index contributed by atoms with van der Waals surface area (Å²) in [6.07, 6.45) is 3.32. The molecule has 0 fully saturated rings. The average molecular weight is 278 g/mol. The van der Waals surface area contributed by atoms with Gasteiger partial charge >= 0.3 is 0 Å². The van der Waals surface area contributed by atoms with E-state index in [4.69, 9.17) is 18.0 Å². The Morgan fingerprint density at radius 3 is 2.94 bits per heavy atom. The number of aromatic nitrogens is 1. The molecule has 18 heavy (non-hydrogen) atoms. The van der Waals surface area contributed by atoms with Gasteiger partial charge in [0.05, 0.1) is 0 Å². The summed E-state index contributed by atoms with van der Waals surface area (Å²) in [5.41, 5.74) is 7.95. The van der Waals surface area contributed by atoms with Crippen LogP contribution in [0.1, 0.15) is 18.9 Å². The number of thioether (sulfide) groups is 1.